The number of carbonyl (C=O) groups is 2. The third-order valence-corrected chi connectivity index (χ3v) is 7.93. The number of nitrogens with one attached hydrogen (secondary N) is 2. The highest BCUT2D eigenvalue weighted by Gasteiger charge is 2.62. The van der Waals surface area contributed by atoms with Crippen molar-refractivity contribution in [3.8, 4) is 0 Å². The lowest BCUT2D eigenvalue weighted by Crippen LogP contribution is -2.59. The number of nitrogen functional groups attached to an aromatic ring is 1. The maximum atomic E-state index is 13.9. The highest BCUT2D eigenvalue weighted by atomic mass is 127. The van der Waals surface area contributed by atoms with Crippen LogP contribution >= 0.6 is 45.8 Å². The molecule has 1 fully saturated rings. The standard InChI is InChI=1S/C24H20Cl2IN3O2/c25-13-3-1-2-12(8-13)18-11-21(31)30-22(16-10-15(27)5-7-19(16)28)24(18)17-6-4-14(26)9-20(17)29-23(24)32/h1-7,9-10,12,18,22H,8,11,28H2,(H,29,32)(H,30,31)/t12?,18-,22+,24-/m0/s1. The Labute approximate surface area is 209 Å². The van der Waals surface area contributed by atoms with Gasteiger partial charge in [0.05, 0.1) is 6.04 Å². The molecule has 0 saturated carbocycles. The van der Waals surface area contributed by atoms with Gasteiger partial charge >= 0.3 is 0 Å². The number of piperidine rings is 1. The lowest BCUT2D eigenvalue weighted by Gasteiger charge is -2.49. The van der Waals surface area contributed by atoms with Crippen molar-refractivity contribution in [3.05, 3.63) is 79.4 Å². The van der Waals surface area contributed by atoms with E-state index in [1.807, 2.05) is 42.5 Å². The number of anilines is 2. The van der Waals surface area contributed by atoms with E-state index in [9.17, 15) is 9.59 Å². The van der Waals surface area contributed by atoms with E-state index in [1.165, 1.54) is 0 Å². The van der Waals surface area contributed by atoms with Crippen molar-refractivity contribution in [3.63, 3.8) is 0 Å². The van der Waals surface area contributed by atoms with Crippen LogP contribution in [0.2, 0.25) is 5.02 Å². The topological polar surface area (TPSA) is 84.2 Å². The van der Waals surface area contributed by atoms with Gasteiger partial charge in [-0.2, -0.15) is 0 Å². The molecule has 1 spiro atoms. The van der Waals surface area contributed by atoms with E-state index in [-0.39, 0.29) is 30.1 Å². The van der Waals surface area contributed by atoms with Crippen molar-refractivity contribution in [2.24, 2.45) is 11.8 Å². The van der Waals surface area contributed by atoms with Crippen molar-refractivity contribution >= 4 is 69.0 Å². The first-order chi connectivity index (χ1) is 15.3. The number of carbonyl (C=O) groups excluding carboxylic acids is 2. The number of rotatable bonds is 2. The molecule has 0 radical (unpaired) electrons. The summed E-state index contributed by atoms with van der Waals surface area (Å²) in [6, 6.07) is 10.5. The first kappa shape index (κ1) is 21.8. The summed E-state index contributed by atoms with van der Waals surface area (Å²) in [6.45, 7) is 0. The molecule has 8 heteroatoms. The molecule has 0 bridgehead atoms. The number of fused-ring (bicyclic) bond motifs is 2. The fourth-order valence-electron chi connectivity index (χ4n) is 5.44. The summed E-state index contributed by atoms with van der Waals surface area (Å²) in [5.41, 5.74) is 8.09. The molecular formula is C24H20Cl2IN3O2. The van der Waals surface area contributed by atoms with Gasteiger partial charge < -0.3 is 16.4 Å². The Bertz CT molecular complexity index is 1210. The molecule has 1 aliphatic carbocycles. The minimum Gasteiger partial charge on any atom is -0.398 e. The summed E-state index contributed by atoms with van der Waals surface area (Å²) < 4.78 is 0.969. The van der Waals surface area contributed by atoms with Crippen molar-refractivity contribution in [1.82, 2.24) is 5.32 Å². The molecule has 2 aromatic rings. The molecular weight excluding hydrogens is 560 g/mol. The Kier molecular flexibility index (Phi) is 5.50. The van der Waals surface area contributed by atoms with Crippen LogP contribution in [0.15, 0.2) is 59.7 Å². The van der Waals surface area contributed by atoms with Crippen LogP contribution in [-0.4, -0.2) is 11.8 Å². The number of benzene rings is 2. The Morgan fingerprint density at radius 1 is 1.09 bits per heavy atom. The summed E-state index contributed by atoms with van der Waals surface area (Å²) in [5, 5.41) is 7.39. The molecule has 2 heterocycles. The first-order valence-electron chi connectivity index (χ1n) is 10.3. The average Bonchev–Trinajstić information content (AvgIpc) is 3.02. The normalized spacial score (nSPS) is 28.8. The van der Waals surface area contributed by atoms with Crippen molar-refractivity contribution < 1.29 is 9.59 Å². The fraction of sp³-hybridized carbons (Fsp3) is 0.250. The van der Waals surface area contributed by atoms with Gasteiger partial charge in [0.15, 0.2) is 0 Å². The van der Waals surface area contributed by atoms with Crippen LogP contribution < -0.4 is 16.4 Å². The summed E-state index contributed by atoms with van der Waals surface area (Å²) in [5.74, 6) is -0.683. The molecule has 2 aliphatic heterocycles. The number of amides is 2. The Balaban J connectivity index is 1.78. The largest absolute Gasteiger partial charge is 0.398 e. The van der Waals surface area contributed by atoms with Gasteiger partial charge in [0, 0.05) is 31.4 Å². The average molecular weight is 580 g/mol. The van der Waals surface area contributed by atoms with Gasteiger partial charge in [-0.15, -0.1) is 0 Å². The van der Waals surface area contributed by atoms with E-state index in [4.69, 9.17) is 28.9 Å². The molecule has 0 aromatic heterocycles. The molecule has 4 N–H and O–H groups in total. The van der Waals surface area contributed by atoms with E-state index in [0.717, 1.165) is 14.7 Å². The summed E-state index contributed by atoms with van der Waals surface area (Å²) in [6.07, 6.45) is 6.58. The lowest BCUT2D eigenvalue weighted by atomic mass is 9.57. The molecule has 32 heavy (non-hydrogen) atoms. The quantitative estimate of drug-likeness (QED) is 0.334. The van der Waals surface area contributed by atoms with Gasteiger partial charge in [-0.1, -0.05) is 41.4 Å². The Morgan fingerprint density at radius 3 is 2.69 bits per heavy atom. The van der Waals surface area contributed by atoms with E-state index in [0.29, 0.717) is 27.9 Å². The number of allylic oxidation sites excluding steroid dienone is 4. The molecule has 1 unspecified atom stereocenters. The summed E-state index contributed by atoms with van der Waals surface area (Å²) in [7, 11) is 0. The third kappa shape index (κ3) is 3.35. The number of hydrogen-bond donors (Lipinski definition) is 3. The van der Waals surface area contributed by atoms with Crippen LogP contribution in [0.5, 0.6) is 0 Å². The van der Waals surface area contributed by atoms with Crippen LogP contribution in [-0.2, 0) is 15.0 Å². The van der Waals surface area contributed by atoms with Crippen LogP contribution in [0.25, 0.3) is 0 Å². The van der Waals surface area contributed by atoms with Gasteiger partial charge in [0.25, 0.3) is 0 Å². The van der Waals surface area contributed by atoms with Crippen LogP contribution in [0, 0.1) is 15.4 Å². The Hall–Kier alpha value is -2.03. The van der Waals surface area contributed by atoms with E-state index in [1.54, 1.807) is 12.1 Å². The second kappa shape index (κ2) is 8.08. The van der Waals surface area contributed by atoms with E-state index >= 15 is 0 Å². The third-order valence-electron chi connectivity index (χ3n) is 6.74. The van der Waals surface area contributed by atoms with Gasteiger partial charge in [-0.05, 0) is 88.4 Å². The zero-order chi connectivity index (χ0) is 22.6. The maximum absolute atomic E-state index is 13.9. The number of halogens is 3. The predicted molar refractivity (Wildman–Crippen MR) is 136 cm³/mol. The zero-order valence-electron chi connectivity index (χ0n) is 16.9. The highest BCUT2D eigenvalue weighted by molar-refractivity contribution is 14.1. The maximum Gasteiger partial charge on any atom is 0.237 e. The first-order valence-corrected chi connectivity index (χ1v) is 12.1. The van der Waals surface area contributed by atoms with E-state index < -0.39 is 11.5 Å². The van der Waals surface area contributed by atoms with Crippen LogP contribution in [0.4, 0.5) is 11.4 Å². The fourth-order valence-corrected chi connectivity index (χ4v) is 6.38. The summed E-state index contributed by atoms with van der Waals surface area (Å²) >= 11 is 14.8. The molecule has 5 rings (SSSR count). The molecule has 2 amide bonds. The van der Waals surface area contributed by atoms with Crippen molar-refractivity contribution in [2.45, 2.75) is 24.3 Å². The second-order valence-corrected chi connectivity index (χ2v) is 10.6. The molecule has 164 valence electrons. The van der Waals surface area contributed by atoms with Gasteiger partial charge in [0.1, 0.15) is 5.41 Å². The van der Waals surface area contributed by atoms with Crippen molar-refractivity contribution in [2.75, 3.05) is 11.1 Å². The molecule has 1 saturated heterocycles. The molecule has 4 atom stereocenters. The predicted octanol–water partition coefficient (Wildman–Crippen LogP) is 5.29. The molecule has 2 aromatic carbocycles. The summed E-state index contributed by atoms with van der Waals surface area (Å²) in [4.78, 5) is 26.9. The van der Waals surface area contributed by atoms with E-state index in [2.05, 4.69) is 33.2 Å². The van der Waals surface area contributed by atoms with Crippen molar-refractivity contribution in [1.29, 1.82) is 0 Å². The smallest absolute Gasteiger partial charge is 0.237 e. The van der Waals surface area contributed by atoms with Gasteiger partial charge in [-0.3, -0.25) is 9.59 Å². The van der Waals surface area contributed by atoms with Crippen LogP contribution in [0.1, 0.15) is 30.0 Å². The minimum absolute atomic E-state index is 0.0857. The monoisotopic (exact) mass is 579 g/mol. The zero-order valence-corrected chi connectivity index (χ0v) is 20.5. The second-order valence-electron chi connectivity index (χ2n) is 8.46. The Morgan fingerprint density at radius 2 is 1.91 bits per heavy atom. The van der Waals surface area contributed by atoms with Gasteiger partial charge in [-0.25, -0.2) is 0 Å². The van der Waals surface area contributed by atoms with Gasteiger partial charge in [0.2, 0.25) is 11.8 Å². The minimum atomic E-state index is -1.06. The number of nitrogens with two attached hydrogens (primary N) is 1. The lowest BCUT2D eigenvalue weighted by molar-refractivity contribution is -0.135. The molecule has 5 nitrogen and oxygen atoms in total. The number of hydrogen-bond acceptors (Lipinski definition) is 3. The SMILES string of the molecule is Nc1ccc(I)cc1[C@H]1NC(=O)C[C@@H](C2C=CC=C(Cl)C2)[C@]12C(=O)Nc1cc(Cl)ccc12. The molecule has 3 aliphatic rings. The van der Waals surface area contributed by atoms with Crippen LogP contribution in [0.3, 0.4) is 0 Å². The highest BCUT2D eigenvalue weighted by Crippen LogP contribution is 2.57.